The fraction of sp³-hybridized carbons (Fsp3) is 0.200. The average Bonchev–Trinajstić information content (AvgIpc) is 2.85. The Labute approximate surface area is 116 Å². The van der Waals surface area contributed by atoms with E-state index < -0.39 is 0 Å². The van der Waals surface area contributed by atoms with Gasteiger partial charge in [0.05, 0.1) is 30.5 Å². The molecule has 2 N–H and O–H groups in total. The van der Waals surface area contributed by atoms with Crippen LogP contribution in [0.3, 0.4) is 0 Å². The minimum absolute atomic E-state index is 0.00300. The molecule has 0 spiro atoms. The number of aromatic nitrogens is 3. The maximum Gasteiger partial charge on any atom is 0.138 e. The second kappa shape index (κ2) is 4.94. The van der Waals surface area contributed by atoms with E-state index in [0.29, 0.717) is 12.2 Å². The fourth-order valence-corrected chi connectivity index (χ4v) is 2.21. The van der Waals surface area contributed by atoms with E-state index in [-0.39, 0.29) is 12.4 Å². The van der Waals surface area contributed by atoms with Crippen molar-refractivity contribution in [2.45, 2.75) is 20.1 Å². The van der Waals surface area contributed by atoms with Gasteiger partial charge in [-0.2, -0.15) is 0 Å². The molecule has 102 valence electrons. The van der Waals surface area contributed by atoms with Gasteiger partial charge in [-0.1, -0.05) is 6.07 Å². The Balaban J connectivity index is 2.00. The molecule has 0 atom stereocenters. The Hall–Kier alpha value is -2.40. The topological polar surface area (TPSA) is 71.2 Å². The molecule has 1 aromatic carbocycles. The number of nitrogens with zero attached hydrogens (tertiary/aromatic N) is 3. The van der Waals surface area contributed by atoms with Crippen LogP contribution in [0.25, 0.3) is 11.0 Å². The Morgan fingerprint density at radius 3 is 2.85 bits per heavy atom. The van der Waals surface area contributed by atoms with E-state index in [1.807, 2.05) is 29.7 Å². The average molecular weight is 269 g/mol. The monoisotopic (exact) mass is 269 g/mol. The van der Waals surface area contributed by atoms with Crippen molar-refractivity contribution < 1.29 is 10.2 Å². The number of aryl methyl sites for hydroxylation is 1. The zero-order valence-corrected chi connectivity index (χ0v) is 11.1. The van der Waals surface area contributed by atoms with Crippen molar-refractivity contribution in [2.75, 3.05) is 0 Å². The first-order valence-electron chi connectivity index (χ1n) is 6.37. The van der Waals surface area contributed by atoms with Gasteiger partial charge in [-0.3, -0.25) is 4.98 Å². The van der Waals surface area contributed by atoms with Gasteiger partial charge in [0.2, 0.25) is 0 Å². The summed E-state index contributed by atoms with van der Waals surface area (Å²) in [5.41, 5.74) is 4.09. The Morgan fingerprint density at radius 2 is 2.05 bits per heavy atom. The molecule has 2 aromatic heterocycles. The summed E-state index contributed by atoms with van der Waals surface area (Å²) < 4.78 is 1.93. The summed E-state index contributed by atoms with van der Waals surface area (Å²) in [7, 11) is 0. The predicted molar refractivity (Wildman–Crippen MR) is 75.4 cm³/mol. The first-order valence-corrected chi connectivity index (χ1v) is 6.37. The molecule has 0 saturated carbocycles. The van der Waals surface area contributed by atoms with Crippen molar-refractivity contribution in [2.24, 2.45) is 0 Å². The van der Waals surface area contributed by atoms with E-state index in [0.717, 1.165) is 22.3 Å². The van der Waals surface area contributed by atoms with Gasteiger partial charge in [0.1, 0.15) is 11.4 Å². The number of imidazole rings is 1. The molecule has 3 rings (SSSR count). The van der Waals surface area contributed by atoms with Crippen LogP contribution >= 0.6 is 0 Å². The molecular formula is C15H15N3O2. The number of hydrogen-bond donors (Lipinski definition) is 2. The highest BCUT2D eigenvalue weighted by molar-refractivity contribution is 5.76. The van der Waals surface area contributed by atoms with E-state index in [4.69, 9.17) is 5.11 Å². The first-order chi connectivity index (χ1) is 9.67. The number of aliphatic hydroxyl groups excluding tert-OH is 1. The number of aromatic hydroxyl groups is 1. The number of aliphatic hydroxyl groups is 1. The summed E-state index contributed by atoms with van der Waals surface area (Å²) in [5.74, 6) is 0.185. The highest BCUT2D eigenvalue weighted by Crippen LogP contribution is 2.20. The maximum atomic E-state index is 9.86. The molecule has 5 nitrogen and oxygen atoms in total. The molecule has 0 fully saturated rings. The third-order valence-electron chi connectivity index (χ3n) is 3.28. The molecule has 3 aromatic rings. The third-order valence-corrected chi connectivity index (χ3v) is 3.28. The van der Waals surface area contributed by atoms with Crippen LogP contribution in [0.5, 0.6) is 5.75 Å². The molecule has 0 bridgehead atoms. The lowest BCUT2D eigenvalue weighted by Gasteiger charge is -2.07. The fourth-order valence-electron chi connectivity index (χ4n) is 2.21. The predicted octanol–water partition coefficient (Wildman–Crippen LogP) is 1.99. The van der Waals surface area contributed by atoms with Crippen LogP contribution < -0.4 is 0 Å². The minimum Gasteiger partial charge on any atom is -0.506 e. The second-order valence-corrected chi connectivity index (χ2v) is 4.77. The lowest BCUT2D eigenvalue weighted by molar-refractivity contribution is 0.282. The van der Waals surface area contributed by atoms with Gasteiger partial charge in [0.15, 0.2) is 0 Å². The van der Waals surface area contributed by atoms with Gasteiger partial charge >= 0.3 is 0 Å². The van der Waals surface area contributed by atoms with E-state index in [2.05, 4.69) is 9.97 Å². The van der Waals surface area contributed by atoms with Gasteiger partial charge < -0.3 is 14.8 Å². The molecule has 0 amide bonds. The van der Waals surface area contributed by atoms with E-state index in [9.17, 15) is 5.11 Å². The minimum atomic E-state index is 0.00300. The largest absolute Gasteiger partial charge is 0.506 e. The molecular weight excluding hydrogens is 254 g/mol. The van der Waals surface area contributed by atoms with Crippen LogP contribution in [0.2, 0.25) is 0 Å². The lowest BCUT2D eigenvalue weighted by Crippen LogP contribution is -2.01. The highest BCUT2D eigenvalue weighted by Gasteiger charge is 2.08. The second-order valence-electron chi connectivity index (χ2n) is 4.77. The quantitative estimate of drug-likeness (QED) is 0.762. The van der Waals surface area contributed by atoms with Crippen LogP contribution in [0.15, 0.2) is 36.7 Å². The first kappa shape index (κ1) is 12.6. The normalized spacial score (nSPS) is 11.1. The maximum absolute atomic E-state index is 9.86. The van der Waals surface area contributed by atoms with Gasteiger partial charge in [0, 0.05) is 5.69 Å². The molecule has 0 aliphatic rings. The highest BCUT2D eigenvalue weighted by atomic mass is 16.3. The summed E-state index contributed by atoms with van der Waals surface area (Å²) in [6.07, 6.45) is 1.72. The summed E-state index contributed by atoms with van der Waals surface area (Å²) in [6, 6.07) is 9.07. The van der Waals surface area contributed by atoms with Crippen molar-refractivity contribution in [1.82, 2.24) is 14.5 Å². The Kier molecular flexibility index (Phi) is 3.12. The molecule has 0 unspecified atom stereocenters. The van der Waals surface area contributed by atoms with Crippen LogP contribution in [0.4, 0.5) is 0 Å². The van der Waals surface area contributed by atoms with Crippen molar-refractivity contribution in [3.05, 3.63) is 53.6 Å². The standard InChI is InChI=1S/C15H15N3O2/c1-10-2-5-15(20)13(17-10)7-18-9-16-12-6-11(8-19)3-4-14(12)18/h2-6,9,19-20H,7-8H2,1H3. The zero-order chi connectivity index (χ0) is 14.1. The SMILES string of the molecule is Cc1ccc(O)c(Cn2cnc3cc(CO)ccc32)n1. The van der Waals surface area contributed by atoms with Crippen molar-refractivity contribution in [3.63, 3.8) is 0 Å². The number of benzene rings is 1. The van der Waals surface area contributed by atoms with E-state index >= 15 is 0 Å². The molecule has 2 heterocycles. The van der Waals surface area contributed by atoms with Gasteiger partial charge in [-0.15, -0.1) is 0 Å². The summed E-state index contributed by atoms with van der Waals surface area (Å²) in [6.45, 7) is 2.36. The lowest BCUT2D eigenvalue weighted by atomic mass is 10.2. The number of fused-ring (bicyclic) bond motifs is 1. The summed E-state index contributed by atoms with van der Waals surface area (Å²) in [4.78, 5) is 8.67. The van der Waals surface area contributed by atoms with Crippen molar-refractivity contribution in [3.8, 4) is 5.75 Å². The number of hydrogen-bond acceptors (Lipinski definition) is 4. The van der Waals surface area contributed by atoms with Crippen LogP contribution in [-0.4, -0.2) is 24.7 Å². The van der Waals surface area contributed by atoms with Crippen LogP contribution in [-0.2, 0) is 13.2 Å². The molecule has 5 heteroatoms. The molecule has 0 saturated heterocycles. The molecule has 20 heavy (non-hydrogen) atoms. The van der Waals surface area contributed by atoms with Crippen LogP contribution in [0.1, 0.15) is 17.0 Å². The molecule has 0 aliphatic carbocycles. The van der Waals surface area contributed by atoms with Gasteiger partial charge in [0.25, 0.3) is 0 Å². The molecule has 0 aliphatic heterocycles. The third kappa shape index (κ3) is 2.23. The van der Waals surface area contributed by atoms with E-state index in [1.54, 1.807) is 18.5 Å². The number of rotatable bonds is 3. The Morgan fingerprint density at radius 1 is 1.20 bits per heavy atom. The van der Waals surface area contributed by atoms with Crippen molar-refractivity contribution >= 4 is 11.0 Å². The van der Waals surface area contributed by atoms with Crippen LogP contribution in [0, 0.1) is 6.92 Å². The smallest absolute Gasteiger partial charge is 0.138 e. The summed E-state index contributed by atoms with van der Waals surface area (Å²) in [5, 5.41) is 19.0. The van der Waals surface area contributed by atoms with Gasteiger partial charge in [-0.05, 0) is 36.8 Å². The Bertz CT molecular complexity index is 765. The van der Waals surface area contributed by atoms with Crippen molar-refractivity contribution in [1.29, 1.82) is 0 Å². The van der Waals surface area contributed by atoms with E-state index in [1.165, 1.54) is 0 Å². The number of pyridine rings is 1. The molecule has 0 radical (unpaired) electrons. The summed E-state index contributed by atoms with van der Waals surface area (Å²) >= 11 is 0. The van der Waals surface area contributed by atoms with Gasteiger partial charge in [-0.25, -0.2) is 4.98 Å². The zero-order valence-electron chi connectivity index (χ0n) is 11.1.